The van der Waals surface area contributed by atoms with Crippen molar-refractivity contribution in [3.63, 3.8) is 0 Å². The first-order valence-electron chi connectivity index (χ1n) is 10.5. The number of nitrogens with one attached hydrogen (secondary N) is 2. The van der Waals surface area contributed by atoms with E-state index in [0.717, 1.165) is 17.7 Å². The monoisotopic (exact) mass is 490 g/mol. The molecule has 10 heteroatoms. The fraction of sp³-hybridized carbons (Fsp3) is 0.200. The van der Waals surface area contributed by atoms with Crippen molar-refractivity contribution in [1.82, 2.24) is 5.32 Å². The molecule has 2 N–H and O–H groups in total. The maximum Gasteiger partial charge on any atom is 0.405 e. The topological polar surface area (TPSA) is 76.7 Å². The normalized spacial score (nSPS) is 11.0. The van der Waals surface area contributed by atoms with E-state index >= 15 is 0 Å². The molecule has 3 aromatic rings. The van der Waals surface area contributed by atoms with Crippen LogP contribution in [0.25, 0.3) is 0 Å². The van der Waals surface area contributed by atoms with Gasteiger partial charge in [-0.15, -0.1) is 0 Å². The first-order chi connectivity index (χ1) is 16.6. The van der Waals surface area contributed by atoms with Gasteiger partial charge in [0.05, 0.1) is 0 Å². The summed E-state index contributed by atoms with van der Waals surface area (Å²) in [6.07, 6.45) is -4.62. The van der Waals surface area contributed by atoms with E-state index in [1.807, 2.05) is 30.3 Å². The van der Waals surface area contributed by atoms with E-state index in [2.05, 4.69) is 5.32 Å². The van der Waals surface area contributed by atoms with Gasteiger partial charge in [-0.25, -0.2) is 4.39 Å². The van der Waals surface area contributed by atoms with Gasteiger partial charge in [-0.2, -0.15) is 13.2 Å². The Morgan fingerprint density at radius 2 is 1.54 bits per heavy atom. The number of amides is 2. The second-order valence-electron chi connectivity index (χ2n) is 7.49. The predicted molar refractivity (Wildman–Crippen MR) is 121 cm³/mol. The van der Waals surface area contributed by atoms with Crippen molar-refractivity contribution in [2.24, 2.45) is 0 Å². The number of hydrogen-bond acceptors (Lipinski definition) is 4. The van der Waals surface area contributed by atoms with Gasteiger partial charge in [0.25, 0.3) is 11.8 Å². The first kappa shape index (κ1) is 25.5. The van der Waals surface area contributed by atoms with Crippen molar-refractivity contribution in [3.05, 3.63) is 89.2 Å². The number of ether oxygens (including phenoxy) is 2. The molecule has 0 aliphatic heterocycles. The van der Waals surface area contributed by atoms with Crippen molar-refractivity contribution >= 4 is 17.5 Å². The first-order valence-corrected chi connectivity index (χ1v) is 10.5. The average molecular weight is 490 g/mol. The Balaban J connectivity index is 1.63. The molecule has 0 heterocycles. The molecule has 0 aliphatic carbocycles. The SMILES string of the molecule is Cc1c(F)cc(C(=O)NCC(F)(F)F)cc1NC(=O)COc1ccccc1OCc1ccccc1. The lowest BCUT2D eigenvalue weighted by Crippen LogP contribution is -2.33. The molecule has 2 amide bonds. The van der Waals surface area contributed by atoms with Crippen LogP contribution in [0.1, 0.15) is 21.5 Å². The van der Waals surface area contributed by atoms with Gasteiger partial charge in [0, 0.05) is 16.8 Å². The van der Waals surface area contributed by atoms with Gasteiger partial charge in [0.15, 0.2) is 18.1 Å². The number of alkyl halides is 3. The van der Waals surface area contributed by atoms with E-state index in [1.165, 1.54) is 6.92 Å². The minimum absolute atomic E-state index is 0.0114. The smallest absolute Gasteiger partial charge is 0.405 e. The predicted octanol–water partition coefficient (Wildman–Crippen LogP) is 5.02. The third-order valence-corrected chi connectivity index (χ3v) is 4.78. The number of benzene rings is 3. The van der Waals surface area contributed by atoms with E-state index in [1.54, 1.807) is 29.6 Å². The fourth-order valence-electron chi connectivity index (χ4n) is 2.98. The van der Waals surface area contributed by atoms with Gasteiger partial charge in [0.1, 0.15) is 19.0 Å². The second kappa shape index (κ2) is 11.4. The molecular weight excluding hydrogens is 468 g/mol. The molecule has 0 aliphatic rings. The summed E-state index contributed by atoms with van der Waals surface area (Å²) in [6, 6.07) is 18.1. The number of rotatable bonds is 9. The molecule has 3 rings (SSSR count). The molecule has 0 saturated heterocycles. The zero-order valence-electron chi connectivity index (χ0n) is 18.6. The van der Waals surface area contributed by atoms with Gasteiger partial charge in [-0.1, -0.05) is 42.5 Å². The largest absolute Gasteiger partial charge is 0.485 e. The van der Waals surface area contributed by atoms with Crippen LogP contribution in [-0.2, 0) is 11.4 Å². The van der Waals surface area contributed by atoms with Crippen LogP contribution in [0.3, 0.4) is 0 Å². The van der Waals surface area contributed by atoms with Crippen LogP contribution < -0.4 is 20.1 Å². The summed E-state index contributed by atoms with van der Waals surface area (Å²) in [4.78, 5) is 24.4. The molecule has 6 nitrogen and oxygen atoms in total. The molecule has 0 bridgehead atoms. The van der Waals surface area contributed by atoms with Crippen molar-refractivity contribution in [1.29, 1.82) is 0 Å². The summed E-state index contributed by atoms with van der Waals surface area (Å²) in [5.74, 6) is -1.94. The average Bonchev–Trinajstić information content (AvgIpc) is 2.83. The van der Waals surface area contributed by atoms with Crippen LogP contribution in [0.2, 0.25) is 0 Å². The number of hydrogen-bond donors (Lipinski definition) is 2. The standard InChI is InChI=1S/C25H22F4N2O4/c1-16-19(26)11-18(24(33)30-15-25(27,28)29)12-20(16)31-23(32)14-35-22-10-6-5-9-21(22)34-13-17-7-3-2-4-8-17/h2-12H,13-15H2,1H3,(H,30,33)(H,31,32). The third-order valence-electron chi connectivity index (χ3n) is 4.78. The third kappa shape index (κ3) is 7.73. The molecule has 35 heavy (non-hydrogen) atoms. The number of anilines is 1. The fourth-order valence-corrected chi connectivity index (χ4v) is 2.98. The number of carbonyl (C=O) groups excluding carboxylic acids is 2. The molecular formula is C25H22F4N2O4. The quantitative estimate of drug-likeness (QED) is 0.413. The van der Waals surface area contributed by atoms with Crippen molar-refractivity contribution in [2.75, 3.05) is 18.5 Å². The molecule has 0 atom stereocenters. The highest BCUT2D eigenvalue weighted by Gasteiger charge is 2.28. The summed E-state index contributed by atoms with van der Waals surface area (Å²) >= 11 is 0. The summed E-state index contributed by atoms with van der Waals surface area (Å²) in [7, 11) is 0. The molecule has 0 radical (unpaired) electrons. The van der Waals surface area contributed by atoms with Crippen LogP contribution in [0.15, 0.2) is 66.7 Å². The maximum atomic E-state index is 14.3. The van der Waals surface area contributed by atoms with Gasteiger partial charge in [-0.05, 0) is 36.8 Å². The van der Waals surface area contributed by atoms with Crippen LogP contribution in [0, 0.1) is 12.7 Å². The van der Waals surface area contributed by atoms with Crippen LogP contribution in [0.4, 0.5) is 23.2 Å². The molecule has 184 valence electrons. The van der Waals surface area contributed by atoms with E-state index in [-0.39, 0.29) is 23.4 Å². The van der Waals surface area contributed by atoms with E-state index < -0.39 is 37.0 Å². The summed E-state index contributed by atoms with van der Waals surface area (Å²) in [6.45, 7) is -0.384. The molecule has 0 spiro atoms. The highest BCUT2D eigenvalue weighted by Crippen LogP contribution is 2.27. The zero-order valence-corrected chi connectivity index (χ0v) is 18.6. The van der Waals surface area contributed by atoms with E-state index in [0.29, 0.717) is 11.5 Å². The number of carbonyl (C=O) groups is 2. The second-order valence-corrected chi connectivity index (χ2v) is 7.49. The van der Waals surface area contributed by atoms with Gasteiger partial charge in [0.2, 0.25) is 0 Å². The van der Waals surface area contributed by atoms with Crippen LogP contribution in [-0.4, -0.2) is 31.1 Å². The molecule has 0 fully saturated rings. The molecule has 0 aromatic heterocycles. The summed E-state index contributed by atoms with van der Waals surface area (Å²) in [5.41, 5.74) is 0.520. The minimum Gasteiger partial charge on any atom is -0.485 e. The van der Waals surface area contributed by atoms with E-state index in [4.69, 9.17) is 9.47 Å². The van der Waals surface area contributed by atoms with Gasteiger partial charge < -0.3 is 20.1 Å². The lowest BCUT2D eigenvalue weighted by atomic mass is 10.1. The van der Waals surface area contributed by atoms with Crippen LogP contribution >= 0.6 is 0 Å². The van der Waals surface area contributed by atoms with Gasteiger partial charge in [-0.3, -0.25) is 9.59 Å². The Labute approximate surface area is 198 Å². The summed E-state index contributed by atoms with van der Waals surface area (Å²) < 4.78 is 62.6. The van der Waals surface area contributed by atoms with Crippen molar-refractivity contribution < 1.29 is 36.6 Å². The lowest BCUT2D eigenvalue weighted by molar-refractivity contribution is -0.123. The Bertz CT molecular complexity index is 1180. The molecule has 0 saturated carbocycles. The van der Waals surface area contributed by atoms with E-state index in [9.17, 15) is 27.2 Å². The van der Waals surface area contributed by atoms with Crippen molar-refractivity contribution in [2.45, 2.75) is 19.7 Å². The Morgan fingerprint density at radius 1 is 0.914 bits per heavy atom. The van der Waals surface area contributed by atoms with Crippen LogP contribution in [0.5, 0.6) is 11.5 Å². The highest BCUT2D eigenvalue weighted by atomic mass is 19.4. The Morgan fingerprint density at radius 3 is 2.20 bits per heavy atom. The molecule has 3 aromatic carbocycles. The highest BCUT2D eigenvalue weighted by molar-refractivity contribution is 5.98. The lowest BCUT2D eigenvalue weighted by Gasteiger charge is -2.14. The maximum absolute atomic E-state index is 14.3. The number of halogens is 4. The summed E-state index contributed by atoms with van der Waals surface area (Å²) in [5, 5.41) is 4.08. The minimum atomic E-state index is -4.62. The zero-order chi connectivity index (χ0) is 25.4. The Hall–Kier alpha value is -4.08. The van der Waals surface area contributed by atoms with Crippen molar-refractivity contribution in [3.8, 4) is 11.5 Å². The molecule has 0 unspecified atom stereocenters. The Kier molecular flexibility index (Phi) is 8.30. The number of para-hydroxylation sites is 2. The van der Waals surface area contributed by atoms with Gasteiger partial charge >= 0.3 is 6.18 Å².